The number of methoxy groups -OCH3 is 1. The maximum Gasteiger partial charge on any atom is 0.146 e. The highest BCUT2D eigenvalue weighted by molar-refractivity contribution is 5.17. The molecule has 0 aromatic heterocycles. The van der Waals surface area contributed by atoms with Crippen molar-refractivity contribution in [3.8, 4) is 0 Å². The summed E-state index contributed by atoms with van der Waals surface area (Å²) in [5, 5.41) is 10.1. The van der Waals surface area contributed by atoms with E-state index < -0.39 is 6.10 Å². The van der Waals surface area contributed by atoms with E-state index >= 15 is 0 Å². The molecule has 0 amide bonds. The van der Waals surface area contributed by atoms with Crippen LogP contribution in [0.3, 0.4) is 0 Å². The lowest BCUT2D eigenvalue weighted by atomic mass is 10.1. The molecule has 2 atom stereocenters. The van der Waals surface area contributed by atoms with Crippen molar-refractivity contribution in [2.24, 2.45) is 0 Å². The molecule has 2 unspecified atom stereocenters. The molecule has 1 N–H and O–H groups in total. The number of ether oxygens (including phenoxy) is 2. The molecule has 0 bridgehead atoms. The largest absolute Gasteiger partial charge is 0.387 e. The monoisotopic (exact) mass is 251 g/mol. The van der Waals surface area contributed by atoms with Gasteiger partial charge in [0.2, 0.25) is 0 Å². The van der Waals surface area contributed by atoms with Crippen molar-refractivity contribution in [2.75, 3.05) is 33.5 Å². The first-order valence-corrected chi connectivity index (χ1v) is 6.35. The molecule has 1 fully saturated rings. The van der Waals surface area contributed by atoms with E-state index in [1.54, 1.807) is 7.11 Å². The molecule has 1 aromatic rings. The quantitative estimate of drug-likeness (QED) is 0.776. The van der Waals surface area contributed by atoms with Crippen LogP contribution in [0.25, 0.3) is 0 Å². The highest BCUT2D eigenvalue weighted by Gasteiger charge is 2.24. The Kier molecular flexibility index (Phi) is 5.13. The lowest BCUT2D eigenvalue weighted by Gasteiger charge is -2.20. The molecular weight excluding hydrogens is 230 g/mol. The molecule has 1 aliphatic rings. The van der Waals surface area contributed by atoms with E-state index in [2.05, 4.69) is 4.90 Å². The molecule has 0 spiro atoms. The molecule has 4 heteroatoms. The van der Waals surface area contributed by atoms with Crippen molar-refractivity contribution in [3.63, 3.8) is 0 Å². The van der Waals surface area contributed by atoms with E-state index in [1.807, 2.05) is 30.3 Å². The number of benzene rings is 1. The third kappa shape index (κ3) is 3.78. The number of nitrogens with zero attached hydrogens (tertiary/aromatic N) is 1. The minimum atomic E-state index is -0.424. The van der Waals surface area contributed by atoms with Gasteiger partial charge in [0.05, 0.1) is 12.2 Å². The van der Waals surface area contributed by atoms with Crippen LogP contribution >= 0.6 is 0 Å². The second-order valence-electron chi connectivity index (χ2n) is 4.67. The van der Waals surface area contributed by atoms with Crippen LogP contribution < -0.4 is 0 Å². The lowest BCUT2D eigenvalue weighted by Crippen LogP contribution is -2.28. The van der Waals surface area contributed by atoms with Gasteiger partial charge >= 0.3 is 0 Å². The maximum absolute atomic E-state index is 10.1. The van der Waals surface area contributed by atoms with Gasteiger partial charge in [-0.15, -0.1) is 0 Å². The Bertz CT molecular complexity index is 344. The Balaban J connectivity index is 1.77. The summed E-state index contributed by atoms with van der Waals surface area (Å²) in [6, 6.07) is 9.78. The van der Waals surface area contributed by atoms with Crippen LogP contribution in [0.2, 0.25) is 0 Å². The standard InChI is InChI=1S/C14H21NO3/c1-17-11-18-13-7-8-15(9-13)10-14(16)12-5-3-2-4-6-12/h2-6,13-14,16H,7-11H2,1H3. The van der Waals surface area contributed by atoms with Gasteiger partial charge in [0.1, 0.15) is 6.79 Å². The normalized spacial score (nSPS) is 22.2. The van der Waals surface area contributed by atoms with E-state index in [4.69, 9.17) is 9.47 Å². The fourth-order valence-corrected chi connectivity index (χ4v) is 2.29. The Morgan fingerprint density at radius 1 is 1.39 bits per heavy atom. The molecule has 1 saturated heterocycles. The van der Waals surface area contributed by atoms with Gasteiger partial charge in [-0.05, 0) is 12.0 Å². The van der Waals surface area contributed by atoms with Crippen LogP contribution in [0.15, 0.2) is 30.3 Å². The molecule has 1 heterocycles. The third-order valence-corrected chi connectivity index (χ3v) is 3.27. The zero-order chi connectivity index (χ0) is 12.8. The van der Waals surface area contributed by atoms with Crippen LogP contribution in [0.1, 0.15) is 18.1 Å². The molecule has 4 nitrogen and oxygen atoms in total. The van der Waals surface area contributed by atoms with Crippen molar-refractivity contribution in [2.45, 2.75) is 18.6 Å². The summed E-state index contributed by atoms with van der Waals surface area (Å²) >= 11 is 0. The van der Waals surface area contributed by atoms with Crippen molar-refractivity contribution in [3.05, 3.63) is 35.9 Å². The predicted molar refractivity (Wildman–Crippen MR) is 69.2 cm³/mol. The smallest absolute Gasteiger partial charge is 0.146 e. The third-order valence-electron chi connectivity index (χ3n) is 3.27. The van der Waals surface area contributed by atoms with E-state index in [0.29, 0.717) is 13.3 Å². The van der Waals surface area contributed by atoms with E-state index in [1.165, 1.54) is 0 Å². The Morgan fingerprint density at radius 2 is 2.17 bits per heavy atom. The SMILES string of the molecule is COCOC1CCN(CC(O)c2ccccc2)C1. The van der Waals surface area contributed by atoms with Gasteiger partial charge in [-0.2, -0.15) is 0 Å². The Morgan fingerprint density at radius 3 is 2.89 bits per heavy atom. The van der Waals surface area contributed by atoms with Gasteiger partial charge in [-0.3, -0.25) is 4.90 Å². The van der Waals surface area contributed by atoms with Crippen LogP contribution in [0.5, 0.6) is 0 Å². The fourth-order valence-electron chi connectivity index (χ4n) is 2.29. The summed E-state index contributed by atoms with van der Waals surface area (Å²) < 4.78 is 10.4. The van der Waals surface area contributed by atoms with Crippen molar-refractivity contribution in [1.82, 2.24) is 4.90 Å². The number of rotatable bonds is 6. The molecule has 1 aromatic carbocycles. The topological polar surface area (TPSA) is 41.9 Å². The number of aliphatic hydroxyl groups excluding tert-OH is 1. The summed E-state index contributed by atoms with van der Waals surface area (Å²) in [5.41, 5.74) is 0.971. The van der Waals surface area contributed by atoms with Gasteiger partial charge in [0.15, 0.2) is 0 Å². The average molecular weight is 251 g/mol. The summed E-state index contributed by atoms with van der Waals surface area (Å²) in [6.45, 7) is 2.85. The zero-order valence-corrected chi connectivity index (χ0v) is 10.8. The zero-order valence-electron chi connectivity index (χ0n) is 10.8. The van der Waals surface area contributed by atoms with Crippen LogP contribution in [-0.2, 0) is 9.47 Å². The van der Waals surface area contributed by atoms with Crippen LogP contribution in [0, 0.1) is 0 Å². The average Bonchev–Trinajstić information content (AvgIpc) is 2.85. The van der Waals surface area contributed by atoms with E-state index in [0.717, 1.165) is 25.1 Å². The Hall–Kier alpha value is -0.940. The summed E-state index contributed by atoms with van der Waals surface area (Å²) in [5.74, 6) is 0. The van der Waals surface area contributed by atoms with Gasteiger partial charge < -0.3 is 14.6 Å². The Labute approximate surface area is 108 Å². The first-order valence-electron chi connectivity index (χ1n) is 6.35. The van der Waals surface area contributed by atoms with Crippen molar-refractivity contribution < 1.29 is 14.6 Å². The van der Waals surface area contributed by atoms with Crippen molar-refractivity contribution >= 4 is 0 Å². The number of hydrogen-bond donors (Lipinski definition) is 1. The highest BCUT2D eigenvalue weighted by Crippen LogP contribution is 2.18. The number of hydrogen-bond acceptors (Lipinski definition) is 4. The highest BCUT2D eigenvalue weighted by atomic mass is 16.7. The summed E-state index contributed by atoms with van der Waals surface area (Å²) in [6.07, 6.45) is 0.811. The van der Waals surface area contributed by atoms with E-state index in [9.17, 15) is 5.11 Å². The molecule has 0 radical (unpaired) electrons. The molecule has 0 aliphatic carbocycles. The van der Waals surface area contributed by atoms with Crippen LogP contribution in [0.4, 0.5) is 0 Å². The summed E-state index contributed by atoms with van der Waals surface area (Å²) in [4.78, 5) is 2.23. The van der Waals surface area contributed by atoms with Gasteiger partial charge in [-0.25, -0.2) is 0 Å². The minimum absolute atomic E-state index is 0.230. The second-order valence-corrected chi connectivity index (χ2v) is 4.67. The maximum atomic E-state index is 10.1. The lowest BCUT2D eigenvalue weighted by molar-refractivity contribution is -0.0676. The molecule has 100 valence electrons. The van der Waals surface area contributed by atoms with Gasteiger partial charge in [0, 0.05) is 26.7 Å². The van der Waals surface area contributed by atoms with E-state index in [-0.39, 0.29) is 6.10 Å². The van der Waals surface area contributed by atoms with Gasteiger partial charge in [-0.1, -0.05) is 30.3 Å². The molecule has 2 rings (SSSR count). The molecule has 0 saturated carbocycles. The fraction of sp³-hybridized carbons (Fsp3) is 0.571. The molecule has 18 heavy (non-hydrogen) atoms. The van der Waals surface area contributed by atoms with Gasteiger partial charge in [0.25, 0.3) is 0 Å². The second kappa shape index (κ2) is 6.85. The molecular formula is C14H21NO3. The minimum Gasteiger partial charge on any atom is -0.387 e. The van der Waals surface area contributed by atoms with Crippen molar-refractivity contribution in [1.29, 1.82) is 0 Å². The first kappa shape index (κ1) is 13.5. The predicted octanol–water partition coefficient (Wildman–Crippen LogP) is 1.41. The number of aliphatic hydroxyl groups is 1. The first-order chi connectivity index (χ1) is 8.79. The number of β-amino-alcohol motifs (C(OH)–C–C–N with tert-alkyl or cyclic N) is 1. The van der Waals surface area contributed by atoms with Crippen LogP contribution in [-0.4, -0.2) is 49.6 Å². The summed E-state index contributed by atoms with van der Waals surface area (Å²) in [7, 11) is 1.63. The number of likely N-dealkylation sites (tertiary alicyclic amines) is 1. The molecule has 1 aliphatic heterocycles.